The van der Waals surface area contributed by atoms with Gasteiger partial charge >= 0.3 is 6.18 Å². The van der Waals surface area contributed by atoms with Gasteiger partial charge in [-0.25, -0.2) is 0 Å². The molecule has 32 heavy (non-hydrogen) atoms. The SMILES string of the molecule is Cc1ccc(-c2ccc([C@H](N([C@@H](CC(C)C)C(N)=O)C3(C#N)CC3)C(F)(F)F)cc2)cn1. The van der Waals surface area contributed by atoms with E-state index in [0.717, 1.165) is 21.7 Å². The van der Waals surface area contributed by atoms with Crippen LogP contribution >= 0.6 is 0 Å². The summed E-state index contributed by atoms with van der Waals surface area (Å²) >= 11 is 0. The molecule has 0 bridgehead atoms. The van der Waals surface area contributed by atoms with E-state index >= 15 is 0 Å². The number of hydrogen-bond acceptors (Lipinski definition) is 4. The molecule has 2 atom stereocenters. The van der Waals surface area contributed by atoms with E-state index in [1.165, 1.54) is 12.1 Å². The van der Waals surface area contributed by atoms with Crippen molar-refractivity contribution in [2.45, 2.75) is 63.8 Å². The van der Waals surface area contributed by atoms with Crippen molar-refractivity contribution in [1.29, 1.82) is 5.26 Å². The van der Waals surface area contributed by atoms with Gasteiger partial charge in [0.15, 0.2) is 0 Å². The minimum atomic E-state index is -4.70. The van der Waals surface area contributed by atoms with Crippen LogP contribution in [0.4, 0.5) is 13.2 Å². The quantitative estimate of drug-likeness (QED) is 0.627. The van der Waals surface area contributed by atoms with Crippen LogP contribution in [-0.2, 0) is 4.79 Å². The molecule has 1 aliphatic carbocycles. The molecule has 2 N–H and O–H groups in total. The highest BCUT2D eigenvalue weighted by atomic mass is 19.4. The first-order chi connectivity index (χ1) is 15.0. The van der Waals surface area contributed by atoms with Gasteiger partial charge < -0.3 is 5.73 Å². The normalized spacial score (nSPS) is 17.1. The summed E-state index contributed by atoms with van der Waals surface area (Å²) in [6.45, 7) is 5.48. The van der Waals surface area contributed by atoms with E-state index in [0.29, 0.717) is 0 Å². The van der Waals surface area contributed by atoms with E-state index in [1.54, 1.807) is 18.3 Å². The second kappa shape index (κ2) is 8.91. The number of aromatic nitrogens is 1. The lowest BCUT2D eigenvalue weighted by molar-refractivity contribution is -0.200. The van der Waals surface area contributed by atoms with E-state index in [2.05, 4.69) is 4.98 Å². The molecule has 8 heteroatoms. The van der Waals surface area contributed by atoms with Crippen LogP contribution in [0.5, 0.6) is 0 Å². The maximum absolute atomic E-state index is 14.5. The molecule has 1 amide bonds. The Kier molecular flexibility index (Phi) is 6.61. The van der Waals surface area contributed by atoms with E-state index in [9.17, 15) is 23.2 Å². The van der Waals surface area contributed by atoms with Crippen molar-refractivity contribution in [3.8, 4) is 17.2 Å². The Morgan fingerprint density at radius 1 is 1.19 bits per heavy atom. The Balaban J connectivity index is 2.07. The summed E-state index contributed by atoms with van der Waals surface area (Å²) in [5, 5.41) is 9.75. The number of benzene rings is 1. The zero-order valence-electron chi connectivity index (χ0n) is 18.4. The number of carbonyl (C=O) groups is 1. The highest BCUT2D eigenvalue weighted by Crippen LogP contribution is 2.52. The van der Waals surface area contributed by atoms with Crippen LogP contribution in [0.1, 0.15) is 50.4 Å². The van der Waals surface area contributed by atoms with Crippen LogP contribution in [-0.4, -0.2) is 33.5 Å². The lowest BCUT2D eigenvalue weighted by Crippen LogP contribution is -2.56. The fraction of sp³-hybridized carbons (Fsp3) is 0.458. The number of aryl methyl sites for hydroxylation is 1. The van der Waals surface area contributed by atoms with E-state index in [4.69, 9.17) is 5.73 Å². The van der Waals surface area contributed by atoms with Gasteiger partial charge in [0.25, 0.3) is 0 Å². The standard InChI is InChI=1S/C24H27F3N4O/c1-15(2)12-20(22(29)32)31(23(14-28)10-11-23)21(24(25,26)27)18-8-6-17(7-9-18)19-5-4-16(3)30-13-19/h4-9,13,15,20-21H,10-12H2,1-3H3,(H2,29,32)/t20-,21-/m0/s1. The third kappa shape index (κ3) is 4.94. The first-order valence-corrected chi connectivity index (χ1v) is 10.6. The topological polar surface area (TPSA) is 83.0 Å². The van der Waals surface area contributed by atoms with Crippen molar-refractivity contribution in [2.24, 2.45) is 11.7 Å². The van der Waals surface area contributed by atoms with Gasteiger partial charge in [-0.15, -0.1) is 0 Å². The minimum Gasteiger partial charge on any atom is -0.368 e. The summed E-state index contributed by atoms with van der Waals surface area (Å²) in [6, 6.07) is 8.41. The van der Waals surface area contributed by atoms with Gasteiger partial charge in [0, 0.05) is 17.5 Å². The Morgan fingerprint density at radius 2 is 1.78 bits per heavy atom. The second-order valence-electron chi connectivity index (χ2n) is 8.85. The summed E-state index contributed by atoms with van der Waals surface area (Å²) in [5.41, 5.74) is 6.54. The summed E-state index contributed by atoms with van der Waals surface area (Å²) < 4.78 is 43.4. The van der Waals surface area contributed by atoms with Crippen molar-refractivity contribution in [2.75, 3.05) is 0 Å². The summed E-state index contributed by atoms with van der Waals surface area (Å²) in [6.07, 6.45) is -2.36. The van der Waals surface area contributed by atoms with E-state index < -0.39 is 29.7 Å². The molecule has 0 unspecified atom stereocenters. The lowest BCUT2D eigenvalue weighted by Gasteiger charge is -2.41. The van der Waals surface area contributed by atoms with Gasteiger partial charge in [-0.05, 0) is 49.3 Å². The second-order valence-corrected chi connectivity index (χ2v) is 8.85. The van der Waals surface area contributed by atoms with Gasteiger partial charge in [0.1, 0.15) is 11.6 Å². The highest BCUT2D eigenvalue weighted by molar-refractivity contribution is 5.80. The Labute approximate surface area is 186 Å². The number of nitriles is 1. The van der Waals surface area contributed by atoms with Crippen LogP contribution in [0.2, 0.25) is 0 Å². The van der Waals surface area contributed by atoms with Crippen molar-refractivity contribution in [1.82, 2.24) is 9.88 Å². The molecule has 170 valence electrons. The van der Waals surface area contributed by atoms with Crippen molar-refractivity contribution in [3.63, 3.8) is 0 Å². The van der Waals surface area contributed by atoms with Gasteiger partial charge in [0.05, 0.1) is 12.1 Å². The molecule has 0 spiro atoms. The zero-order valence-corrected chi connectivity index (χ0v) is 18.4. The molecule has 1 aliphatic rings. The number of alkyl halides is 3. The summed E-state index contributed by atoms with van der Waals surface area (Å²) in [7, 11) is 0. The first-order valence-electron chi connectivity index (χ1n) is 10.6. The van der Waals surface area contributed by atoms with Crippen LogP contribution in [0, 0.1) is 24.2 Å². The molecule has 1 fully saturated rings. The van der Waals surface area contributed by atoms with Crippen LogP contribution < -0.4 is 5.73 Å². The molecule has 5 nitrogen and oxygen atoms in total. The Bertz CT molecular complexity index is 990. The molecule has 0 radical (unpaired) electrons. The number of rotatable bonds is 8. The van der Waals surface area contributed by atoms with Gasteiger partial charge in [0.2, 0.25) is 5.91 Å². The minimum absolute atomic E-state index is 0.0298. The molecular formula is C24H27F3N4O. The number of hydrogen-bond donors (Lipinski definition) is 1. The van der Waals surface area contributed by atoms with Crippen LogP contribution in [0.3, 0.4) is 0 Å². The molecule has 1 aromatic heterocycles. The third-order valence-corrected chi connectivity index (χ3v) is 5.84. The fourth-order valence-electron chi connectivity index (χ4n) is 4.09. The molecule has 0 aliphatic heterocycles. The maximum Gasteiger partial charge on any atom is 0.408 e. The van der Waals surface area contributed by atoms with Gasteiger partial charge in [-0.2, -0.15) is 18.4 Å². The lowest BCUT2D eigenvalue weighted by atomic mass is 9.93. The number of nitrogens with two attached hydrogens (primary N) is 1. The first kappa shape index (κ1) is 23.7. The van der Waals surface area contributed by atoms with Gasteiger partial charge in [-0.1, -0.05) is 44.2 Å². The van der Waals surface area contributed by atoms with Crippen LogP contribution in [0.25, 0.3) is 11.1 Å². The highest BCUT2D eigenvalue weighted by Gasteiger charge is 2.60. The number of amides is 1. The number of carbonyl (C=O) groups excluding carboxylic acids is 1. The summed E-state index contributed by atoms with van der Waals surface area (Å²) in [4.78, 5) is 17.5. The molecule has 1 saturated carbocycles. The van der Waals surface area contributed by atoms with Crippen LogP contribution in [0.15, 0.2) is 42.6 Å². The molecule has 0 saturated heterocycles. The Hall–Kier alpha value is -2.92. The molecule has 2 aromatic rings. The van der Waals surface area contributed by atoms with Crippen molar-refractivity contribution in [3.05, 3.63) is 53.9 Å². The third-order valence-electron chi connectivity index (χ3n) is 5.84. The molecule has 1 heterocycles. The maximum atomic E-state index is 14.5. The molecule has 3 rings (SSSR count). The van der Waals surface area contributed by atoms with Crippen molar-refractivity contribution >= 4 is 5.91 Å². The summed E-state index contributed by atoms with van der Waals surface area (Å²) in [5.74, 6) is -0.924. The molecular weight excluding hydrogens is 417 g/mol. The smallest absolute Gasteiger partial charge is 0.368 e. The molecule has 1 aromatic carbocycles. The zero-order chi connectivity index (χ0) is 23.7. The Morgan fingerprint density at radius 3 is 2.19 bits per heavy atom. The van der Waals surface area contributed by atoms with Gasteiger partial charge in [-0.3, -0.25) is 14.7 Å². The predicted molar refractivity (Wildman–Crippen MR) is 115 cm³/mol. The number of primary amides is 1. The average Bonchev–Trinajstić information content (AvgIpc) is 3.51. The number of pyridine rings is 1. The fourth-order valence-corrected chi connectivity index (χ4v) is 4.09. The van der Waals surface area contributed by atoms with Crippen molar-refractivity contribution < 1.29 is 18.0 Å². The monoisotopic (exact) mass is 444 g/mol. The number of nitrogens with zero attached hydrogens (tertiary/aromatic N) is 3. The number of halogens is 3. The van der Waals surface area contributed by atoms with E-state index in [1.807, 2.05) is 39.0 Å². The van der Waals surface area contributed by atoms with E-state index in [-0.39, 0.29) is 30.7 Å². The largest absolute Gasteiger partial charge is 0.408 e. The predicted octanol–water partition coefficient (Wildman–Crippen LogP) is 4.92. The average molecular weight is 445 g/mol.